The summed E-state index contributed by atoms with van der Waals surface area (Å²) < 4.78 is 91.1. The van der Waals surface area contributed by atoms with Crippen LogP contribution in [0.2, 0.25) is 0 Å². The summed E-state index contributed by atoms with van der Waals surface area (Å²) in [4.78, 5) is 17.8. The van der Waals surface area contributed by atoms with Crippen LogP contribution in [-0.2, 0) is 10.9 Å². The molecule has 4 aliphatic rings. The zero-order chi connectivity index (χ0) is 34.1. The molecule has 0 spiro atoms. The van der Waals surface area contributed by atoms with Gasteiger partial charge in [0.2, 0.25) is 0 Å². The standard InChI is InChI=1S/C35H36F5N5O4/c1-47-18-49-27-11-24(22-5-2-3-6-23(22)28(27)35(38,39)40)30-29(37)31-25(13-41-30)32(44-14-19-9-20(15-44)26(46)10-19)43-33(42-31)48-17-34-7-4-8-45(34)16-21(36)12-34/h2-3,5-6,11,13,19-21,26,46H,4,7-10,12,14-18H2,1H3/t19-,20-,21-,26-,34+/m1/s1. The second-order valence-corrected chi connectivity index (χ2v) is 13.8. The van der Waals surface area contributed by atoms with Crippen LogP contribution in [0, 0.1) is 17.7 Å². The topological polar surface area (TPSA) is 93.1 Å². The molecule has 2 bridgehead atoms. The Balaban J connectivity index is 1.27. The first-order valence-electron chi connectivity index (χ1n) is 16.6. The summed E-state index contributed by atoms with van der Waals surface area (Å²) in [5, 5.41) is 10.9. The first-order valence-corrected chi connectivity index (χ1v) is 16.6. The number of rotatable bonds is 8. The van der Waals surface area contributed by atoms with Gasteiger partial charge in [0.05, 0.1) is 17.0 Å². The molecule has 1 saturated carbocycles. The fourth-order valence-electron chi connectivity index (χ4n) is 8.64. The number of hydrogen-bond acceptors (Lipinski definition) is 9. The molecule has 5 atom stereocenters. The van der Waals surface area contributed by atoms with Crippen LogP contribution in [0.3, 0.4) is 0 Å². The van der Waals surface area contributed by atoms with E-state index in [0.29, 0.717) is 43.7 Å². The lowest BCUT2D eigenvalue weighted by Crippen LogP contribution is -2.43. The molecule has 0 radical (unpaired) electrons. The second kappa shape index (κ2) is 12.2. The highest BCUT2D eigenvalue weighted by Gasteiger charge is 2.49. The minimum absolute atomic E-state index is 0.0279. The zero-order valence-electron chi connectivity index (χ0n) is 26.8. The number of methoxy groups -OCH3 is 1. The number of alkyl halides is 4. The van der Waals surface area contributed by atoms with Crippen LogP contribution in [0.15, 0.2) is 36.5 Å². The largest absolute Gasteiger partial charge is 0.467 e. The van der Waals surface area contributed by atoms with E-state index in [1.54, 1.807) is 6.07 Å². The van der Waals surface area contributed by atoms with Crippen molar-refractivity contribution in [2.45, 2.75) is 56.1 Å². The fourth-order valence-corrected chi connectivity index (χ4v) is 8.64. The number of aliphatic hydroxyl groups is 1. The van der Waals surface area contributed by atoms with E-state index in [4.69, 9.17) is 19.2 Å². The Kier molecular flexibility index (Phi) is 8.03. The van der Waals surface area contributed by atoms with Gasteiger partial charge in [0.1, 0.15) is 41.1 Å². The van der Waals surface area contributed by atoms with Crippen molar-refractivity contribution in [2.75, 3.05) is 51.6 Å². The average molecular weight is 686 g/mol. The average Bonchev–Trinajstić information content (AvgIpc) is 3.69. The number of benzene rings is 2. The van der Waals surface area contributed by atoms with Crippen LogP contribution >= 0.6 is 0 Å². The molecule has 4 aromatic rings. The Morgan fingerprint density at radius 2 is 1.86 bits per heavy atom. The van der Waals surface area contributed by atoms with Gasteiger partial charge in [0.15, 0.2) is 12.6 Å². The minimum Gasteiger partial charge on any atom is -0.467 e. The number of pyridine rings is 1. The lowest BCUT2D eigenvalue weighted by Gasteiger charge is -2.34. The number of ether oxygens (including phenoxy) is 3. The van der Waals surface area contributed by atoms with Gasteiger partial charge >= 0.3 is 12.2 Å². The van der Waals surface area contributed by atoms with Crippen molar-refractivity contribution in [2.24, 2.45) is 11.8 Å². The van der Waals surface area contributed by atoms with Crippen molar-refractivity contribution in [3.05, 3.63) is 47.9 Å². The number of halogens is 5. The van der Waals surface area contributed by atoms with E-state index < -0.39 is 47.9 Å². The third-order valence-electron chi connectivity index (χ3n) is 10.7. The second-order valence-electron chi connectivity index (χ2n) is 13.8. The molecule has 260 valence electrons. The molecule has 49 heavy (non-hydrogen) atoms. The van der Waals surface area contributed by atoms with E-state index in [1.807, 2.05) is 4.90 Å². The van der Waals surface area contributed by atoms with Gasteiger partial charge in [-0.25, -0.2) is 8.78 Å². The molecule has 14 heteroatoms. The van der Waals surface area contributed by atoms with Crippen molar-refractivity contribution < 1.29 is 41.3 Å². The summed E-state index contributed by atoms with van der Waals surface area (Å²) in [6, 6.07) is 6.88. The summed E-state index contributed by atoms with van der Waals surface area (Å²) in [5.74, 6) is -0.727. The number of aliphatic hydroxyl groups excluding tert-OH is 1. The first kappa shape index (κ1) is 32.3. The van der Waals surface area contributed by atoms with Crippen molar-refractivity contribution >= 4 is 27.5 Å². The number of anilines is 1. The van der Waals surface area contributed by atoms with Crippen LogP contribution < -0.4 is 14.4 Å². The van der Waals surface area contributed by atoms with Crippen molar-refractivity contribution in [1.29, 1.82) is 0 Å². The number of aromatic nitrogens is 3. The Bertz CT molecular complexity index is 1910. The van der Waals surface area contributed by atoms with Crippen LogP contribution in [0.5, 0.6) is 11.8 Å². The fraction of sp³-hybridized carbons (Fsp3) is 0.514. The molecule has 4 fully saturated rings. The van der Waals surface area contributed by atoms with Gasteiger partial charge in [0.25, 0.3) is 0 Å². The van der Waals surface area contributed by atoms with Gasteiger partial charge < -0.3 is 24.2 Å². The molecule has 1 N–H and O–H groups in total. The summed E-state index contributed by atoms with van der Waals surface area (Å²) in [7, 11) is 1.29. The van der Waals surface area contributed by atoms with E-state index >= 15 is 4.39 Å². The lowest BCUT2D eigenvalue weighted by molar-refractivity contribution is -0.138. The summed E-state index contributed by atoms with van der Waals surface area (Å²) in [6.45, 7) is 1.87. The molecule has 3 aliphatic heterocycles. The van der Waals surface area contributed by atoms with E-state index in [0.717, 1.165) is 31.9 Å². The predicted molar refractivity (Wildman–Crippen MR) is 171 cm³/mol. The number of fused-ring (bicyclic) bond motifs is 5. The predicted octanol–water partition coefficient (Wildman–Crippen LogP) is 6.15. The zero-order valence-corrected chi connectivity index (χ0v) is 26.8. The molecule has 2 aromatic heterocycles. The highest BCUT2D eigenvalue weighted by molar-refractivity contribution is 6.02. The maximum atomic E-state index is 16.9. The summed E-state index contributed by atoms with van der Waals surface area (Å²) in [6.07, 6.45) is -1.18. The minimum atomic E-state index is -4.78. The maximum Gasteiger partial charge on any atom is 0.420 e. The molecule has 8 rings (SSSR count). The third kappa shape index (κ3) is 5.61. The van der Waals surface area contributed by atoms with E-state index in [2.05, 4.69) is 14.9 Å². The number of piperidine rings is 1. The molecule has 2 aromatic carbocycles. The van der Waals surface area contributed by atoms with Crippen molar-refractivity contribution in [1.82, 2.24) is 19.9 Å². The molecule has 9 nitrogen and oxygen atoms in total. The van der Waals surface area contributed by atoms with Gasteiger partial charge in [0, 0.05) is 50.8 Å². The SMILES string of the molecule is COCOc1cc(-c2ncc3c(N4C[C@@H]5C[C@H](C4)[C@H](O)C5)nc(OC[C@@]45CCCN4C[C@H](F)C5)nc3c2F)c2ccccc2c1C(F)(F)F. The van der Waals surface area contributed by atoms with E-state index in [9.17, 15) is 22.7 Å². The van der Waals surface area contributed by atoms with Crippen molar-refractivity contribution in [3.8, 4) is 23.0 Å². The Hall–Kier alpha value is -3.88. The normalized spacial score (nSPS) is 27.0. The molecular weight excluding hydrogens is 649 g/mol. The molecule has 3 saturated heterocycles. The summed E-state index contributed by atoms with van der Waals surface area (Å²) in [5.41, 5.74) is -1.75. The van der Waals surface area contributed by atoms with Gasteiger partial charge in [-0.1, -0.05) is 24.3 Å². The van der Waals surface area contributed by atoms with Crippen LogP contribution in [0.4, 0.5) is 27.8 Å². The molecule has 1 aliphatic carbocycles. The number of nitrogens with zero attached hydrogens (tertiary/aromatic N) is 5. The van der Waals surface area contributed by atoms with Gasteiger partial charge in [-0.05, 0) is 55.0 Å². The quantitative estimate of drug-likeness (QED) is 0.173. The van der Waals surface area contributed by atoms with Crippen LogP contribution in [0.25, 0.3) is 32.9 Å². The molecule has 0 amide bonds. The maximum absolute atomic E-state index is 16.9. The van der Waals surface area contributed by atoms with E-state index in [1.165, 1.54) is 31.5 Å². The van der Waals surface area contributed by atoms with Gasteiger partial charge in [-0.3, -0.25) is 9.88 Å². The first-order chi connectivity index (χ1) is 23.5. The van der Waals surface area contributed by atoms with Crippen molar-refractivity contribution in [3.63, 3.8) is 0 Å². The highest BCUT2D eigenvalue weighted by Crippen LogP contribution is 2.47. The molecular formula is C35H36F5N5O4. The summed E-state index contributed by atoms with van der Waals surface area (Å²) >= 11 is 0. The Morgan fingerprint density at radius 1 is 1.04 bits per heavy atom. The highest BCUT2D eigenvalue weighted by atomic mass is 19.4. The number of hydrogen-bond donors (Lipinski definition) is 1. The molecule has 5 heterocycles. The smallest absolute Gasteiger partial charge is 0.420 e. The Labute approximate surface area is 279 Å². The van der Waals surface area contributed by atoms with Crippen LogP contribution in [0.1, 0.15) is 37.7 Å². The monoisotopic (exact) mass is 685 g/mol. The van der Waals surface area contributed by atoms with E-state index in [-0.39, 0.29) is 52.0 Å². The molecule has 0 unspecified atom stereocenters. The third-order valence-corrected chi connectivity index (χ3v) is 10.7. The van der Waals surface area contributed by atoms with Crippen LogP contribution in [-0.4, -0.2) is 89.5 Å². The lowest BCUT2D eigenvalue weighted by atomic mass is 9.95. The van der Waals surface area contributed by atoms with Gasteiger partial charge in [-0.2, -0.15) is 23.1 Å². The Morgan fingerprint density at radius 3 is 2.63 bits per heavy atom. The van der Waals surface area contributed by atoms with Gasteiger partial charge in [-0.15, -0.1) is 0 Å².